The molecule has 1 amide bonds. The normalized spacial score (nSPS) is 18.5. The van der Waals surface area contributed by atoms with Gasteiger partial charge in [0.1, 0.15) is 18.1 Å². The smallest absolute Gasteiger partial charge is 0.275 e. The summed E-state index contributed by atoms with van der Waals surface area (Å²) in [5.74, 6) is 1.05. The number of methoxy groups -OCH3 is 1. The lowest BCUT2D eigenvalue weighted by Gasteiger charge is -2.44. The van der Waals surface area contributed by atoms with Crippen molar-refractivity contribution < 1.29 is 19.4 Å². The molecule has 2 aliphatic heterocycles. The van der Waals surface area contributed by atoms with Crippen LogP contribution in [0.15, 0.2) is 34.8 Å². The molecule has 1 aromatic heterocycles. The van der Waals surface area contributed by atoms with Gasteiger partial charge in [0.25, 0.3) is 5.91 Å². The molecule has 10 heteroatoms. The van der Waals surface area contributed by atoms with Crippen LogP contribution in [-0.2, 0) is 6.61 Å². The van der Waals surface area contributed by atoms with Crippen LogP contribution in [0, 0.1) is 0 Å². The van der Waals surface area contributed by atoms with Crippen LogP contribution in [0.5, 0.6) is 11.5 Å². The van der Waals surface area contributed by atoms with Gasteiger partial charge in [0, 0.05) is 39.3 Å². The monoisotopic (exact) mass is 579 g/mol. The van der Waals surface area contributed by atoms with Crippen molar-refractivity contribution in [1.29, 1.82) is 0 Å². The highest BCUT2D eigenvalue weighted by atomic mass is 79.9. The number of ether oxygens (including phenoxy) is 2. The number of aliphatic hydroxyl groups is 1. The van der Waals surface area contributed by atoms with E-state index in [0.717, 1.165) is 15.7 Å². The first kappa shape index (κ1) is 24.4. The number of halogens is 3. The van der Waals surface area contributed by atoms with Gasteiger partial charge < -0.3 is 19.5 Å². The van der Waals surface area contributed by atoms with Crippen molar-refractivity contribution >= 4 is 45.0 Å². The van der Waals surface area contributed by atoms with Gasteiger partial charge in [0.2, 0.25) is 0 Å². The minimum absolute atomic E-state index is 0.166. The molecular weight excluding hydrogens is 557 g/mol. The molecule has 2 aliphatic rings. The van der Waals surface area contributed by atoms with E-state index in [-0.39, 0.29) is 12.5 Å². The van der Waals surface area contributed by atoms with E-state index in [2.05, 4.69) is 15.9 Å². The third-order valence-corrected chi connectivity index (χ3v) is 7.61. The van der Waals surface area contributed by atoms with E-state index >= 15 is 0 Å². The molecule has 0 spiro atoms. The van der Waals surface area contributed by atoms with Crippen LogP contribution in [0.3, 0.4) is 0 Å². The Kier molecular flexibility index (Phi) is 6.28. The minimum Gasteiger partial charge on any atom is -0.495 e. The number of hydrogen-bond acceptors (Lipinski definition) is 5. The predicted octanol–water partition coefficient (Wildman–Crippen LogP) is 5.89. The molecule has 5 rings (SSSR count). The first-order valence-corrected chi connectivity index (χ1v) is 12.7. The zero-order chi connectivity index (χ0) is 25.1. The summed E-state index contributed by atoms with van der Waals surface area (Å²) in [6.07, 6.45) is 0.586. The maximum absolute atomic E-state index is 13.9. The third kappa shape index (κ3) is 4.31. The molecule has 1 unspecified atom stereocenters. The molecule has 3 heterocycles. The predicted molar refractivity (Wildman–Crippen MR) is 138 cm³/mol. The average molecular weight is 581 g/mol. The summed E-state index contributed by atoms with van der Waals surface area (Å²) < 4.78 is 14.0. The van der Waals surface area contributed by atoms with Gasteiger partial charge >= 0.3 is 0 Å². The molecule has 35 heavy (non-hydrogen) atoms. The molecule has 184 valence electrons. The fourth-order valence-electron chi connectivity index (χ4n) is 4.90. The summed E-state index contributed by atoms with van der Waals surface area (Å²) in [6, 6.07) is 8.86. The molecule has 1 fully saturated rings. The fourth-order valence-corrected chi connectivity index (χ4v) is 5.92. The van der Waals surface area contributed by atoms with Crippen molar-refractivity contribution in [2.75, 3.05) is 13.7 Å². The van der Waals surface area contributed by atoms with Gasteiger partial charge in [0.05, 0.1) is 29.1 Å². The van der Waals surface area contributed by atoms with Gasteiger partial charge in [-0.15, -0.1) is 0 Å². The summed E-state index contributed by atoms with van der Waals surface area (Å²) >= 11 is 16.2. The molecule has 2 aromatic carbocycles. The Morgan fingerprint density at radius 2 is 1.94 bits per heavy atom. The van der Waals surface area contributed by atoms with Crippen molar-refractivity contribution in [3.8, 4) is 28.4 Å². The molecule has 1 N–H and O–H groups in total. The maximum atomic E-state index is 13.9. The van der Waals surface area contributed by atoms with E-state index in [0.29, 0.717) is 57.9 Å². The topological polar surface area (TPSA) is 76.8 Å². The average Bonchev–Trinajstić information content (AvgIpc) is 3.17. The SMILES string of the molecule is COc1cc2c(cc1Br)-c1c(c(C(=O)N3CCC(O)CC3(C)C)nn1-c1cc(Cl)cc(Cl)c1)CO2. The molecule has 1 saturated heterocycles. The number of benzene rings is 2. The number of aliphatic hydroxyl groups excluding tert-OH is 1. The molecule has 0 saturated carbocycles. The van der Waals surface area contributed by atoms with Gasteiger partial charge in [-0.05, 0) is 66.9 Å². The van der Waals surface area contributed by atoms with Crippen molar-refractivity contribution in [3.05, 3.63) is 56.1 Å². The van der Waals surface area contributed by atoms with Crippen LogP contribution in [0.2, 0.25) is 10.0 Å². The van der Waals surface area contributed by atoms with E-state index in [4.69, 9.17) is 37.8 Å². The number of nitrogens with zero attached hydrogens (tertiary/aromatic N) is 3. The molecule has 3 aromatic rings. The van der Waals surface area contributed by atoms with Gasteiger partial charge in [-0.2, -0.15) is 5.10 Å². The Morgan fingerprint density at radius 3 is 2.60 bits per heavy atom. The van der Waals surface area contributed by atoms with E-state index < -0.39 is 11.6 Å². The van der Waals surface area contributed by atoms with E-state index in [9.17, 15) is 9.90 Å². The lowest BCUT2D eigenvalue weighted by molar-refractivity contribution is 0.00276. The standard InChI is InChI=1S/C25H24BrCl2N3O4/c1-25(2)11-16(32)4-5-30(25)24(33)22-18-12-35-20-10-21(34-3)19(26)9-17(20)23(18)31(29-22)15-7-13(27)6-14(28)8-15/h6-10,16,32H,4-5,11-12H2,1-3H3. The molecule has 0 bridgehead atoms. The Hall–Kier alpha value is -2.26. The highest BCUT2D eigenvalue weighted by Crippen LogP contribution is 2.45. The summed E-state index contributed by atoms with van der Waals surface area (Å²) in [4.78, 5) is 15.7. The highest BCUT2D eigenvalue weighted by molar-refractivity contribution is 9.10. The zero-order valence-electron chi connectivity index (χ0n) is 19.4. The number of rotatable bonds is 3. The third-order valence-electron chi connectivity index (χ3n) is 6.56. The highest BCUT2D eigenvalue weighted by Gasteiger charge is 2.40. The van der Waals surface area contributed by atoms with Crippen molar-refractivity contribution in [1.82, 2.24) is 14.7 Å². The molecular formula is C25H24BrCl2N3O4. The Balaban J connectivity index is 1.72. The molecule has 0 radical (unpaired) electrons. The second kappa shape index (κ2) is 9.00. The van der Waals surface area contributed by atoms with Crippen molar-refractivity contribution in [3.63, 3.8) is 0 Å². The van der Waals surface area contributed by atoms with Crippen LogP contribution < -0.4 is 9.47 Å². The van der Waals surface area contributed by atoms with Gasteiger partial charge in [-0.1, -0.05) is 23.2 Å². The number of carbonyl (C=O) groups excluding carboxylic acids is 1. The van der Waals surface area contributed by atoms with Crippen LogP contribution in [0.25, 0.3) is 16.9 Å². The lowest BCUT2D eigenvalue weighted by atomic mass is 9.88. The zero-order valence-corrected chi connectivity index (χ0v) is 22.5. The number of amides is 1. The van der Waals surface area contributed by atoms with Crippen LogP contribution in [-0.4, -0.2) is 51.0 Å². The Labute approximate surface area is 221 Å². The molecule has 0 aliphatic carbocycles. The van der Waals surface area contributed by atoms with Gasteiger partial charge in [-0.3, -0.25) is 4.79 Å². The minimum atomic E-state index is -0.519. The first-order valence-electron chi connectivity index (χ1n) is 11.2. The number of aromatic nitrogens is 2. The number of fused-ring (bicyclic) bond motifs is 3. The summed E-state index contributed by atoms with van der Waals surface area (Å²) in [7, 11) is 1.59. The van der Waals surface area contributed by atoms with Crippen molar-refractivity contribution in [2.24, 2.45) is 0 Å². The summed E-state index contributed by atoms with van der Waals surface area (Å²) in [5.41, 5.74) is 2.58. The van der Waals surface area contributed by atoms with Gasteiger partial charge in [0.15, 0.2) is 5.69 Å². The number of carbonyl (C=O) groups is 1. The fraction of sp³-hybridized carbons (Fsp3) is 0.360. The number of likely N-dealkylation sites (tertiary alicyclic amines) is 1. The van der Waals surface area contributed by atoms with E-state index in [1.807, 2.05) is 19.9 Å². The van der Waals surface area contributed by atoms with Crippen LogP contribution >= 0.6 is 39.1 Å². The Morgan fingerprint density at radius 1 is 1.23 bits per heavy atom. The molecule has 7 nitrogen and oxygen atoms in total. The van der Waals surface area contributed by atoms with Crippen LogP contribution in [0.1, 0.15) is 42.7 Å². The second-order valence-electron chi connectivity index (χ2n) is 9.40. The quantitative estimate of drug-likeness (QED) is 0.418. The summed E-state index contributed by atoms with van der Waals surface area (Å²) in [6.45, 7) is 4.53. The van der Waals surface area contributed by atoms with E-state index in [1.165, 1.54) is 0 Å². The maximum Gasteiger partial charge on any atom is 0.275 e. The second-order valence-corrected chi connectivity index (χ2v) is 11.1. The van der Waals surface area contributed by atoms with E-state index in [1.54, 1.807) is 41.0 Å². The lowest BCUT2D eigenvalue weighted by Crippen LogP contribution is -2.54. The Bertz CT molecular complexity index is 1320. The summed E-state index contributed by atoms with van der Waals surface area (Å²) in [5, 5.41) is 15.9. The number of hydrogen-bond donors (Lipinski definition) is 1. The van der Waals surface area contributed by atoms with Gasteiger partial charge in [-0.25, -0.2) is 4.68 Å². The first-order chi connectivity index (χ1) is 16.6. The number of piperidine rings is 1. The van der Waals surface area contributed by atoms with Crippen LogP contribution in [0.4, 0.5) is 0 Å². The molecule has 1 atom stereocenters. The largest absolute Gasteiger partial charge is 0.495 e. The van der Waals surface area contributed by atoms with Crippen molar-refractivity contribution in [2.45, 2.75) is 44.9 Å².